The van der Waals surface area contributed by atoms with Gasteiger partial charge in [0.25, 0.3) is 0 Å². The molecule has 0 amide bonds. The van der Waals surface area contributed by atoms with Crippen molar-refractivity contribution in [2.24, 2.45) is 5.73 Å². The summed E-state index contributed by atoms with van der Waals surface area (Å²) in [5, 5.41) is 0.734. The zero-order valence-corrected chi connectivity index (χ0v) is 12.1. The Morgan fingerprint density at radius 1 is 1.11 bits per heavy atom. The van der Waals surface area contributed by atoms with Crippen LogP contribution >= 0.6 is 11.6 Å². The molecule has 100 valence electrons. The Balaban J connectivity index is 2.47. The van der Waals surface area contributed by atoms with Crippen molar-refractivity contribution in [3.8, 4) is 0 Å². The molecule has 0 spiro atoms. The highest BCUT2D eigenvalue weighted by Gasteiger charge is 2.11. The Labute approximate surface area is 119 Å². The van der Waals surface area contributed by atoms with Crippen LogP contribution < -0.4 is 10.6 Å². The number of hydrogen-bond acceptors (Lipinski definition) is 2. The van der Waals surface area contributed by atoms with Gasteiger partial charge in [-0.25, -0.2) is 0 Å². The third-order valence-electron chi connectivity index (χ3n) is 3.22. The van der Waals surface area contributed by atoms with Crippen LogP contribution in [0.15, 0.2) is 42.5 Å². The second-order valence-electron chi connectivity index (χ2n) is 4.56. The second kappa shape index (κ2) is 6.09. The highest BCUT2D eigenvalue weighted by molar-refractivity contribution is 6.30. The molecule has 0 fully saturated rings. The molecule has 3 heteroatoms. The number of nitrogens with zero attached hydrogens (tertiary/aromatic N) is 1. The summed E-state index contributed by atoms with van der Waals surface area (Å²) in [6.07, 6.45) is 0. The Kier molecular flexibility index (Phi) is 4.46. The van der Waals surface area contributed by atoms with E-state index in [1.807, 2.05) is 18.2 Å². The number of halogens is 1. The normalized spacial score (nSPS) is 10.5. The van der Waals surface area contributed by atoms with Crippen LogP contribution in [0.3, 0.4) is 0 Å². The molecule has 0 saturated heterocycles. The van der Waals surface area contributed by atoms with Crippen LogP contribution in [0, 0.1) is 6.92 Å². The van der Waals surface area contributed by atoms with E-state index in [1.54, 1.807) is 0 Å². The lowest BCUT2D eigenvalue weighted by molar-refractivity contribution is 0.983. The highest BCUT2D eigenvalue weighted by atomic mass is 35.5. The molecule has 0 atom stereocenters. The lowest BCUT2D eigenvalue weighted by Gasteiger charge is -2.26. The zero-order chi connectivity index (χ0) is 13.8. The van der Waals surface area contributed by atoms with Gasteiger partial charge in [-0.15, -0.1) is 0 Å². The highest BCUT2D eigenvalue weighted by Crippen LogP contribution is 2.30. The number of hydrogen-bond donors (Lipinski definition) is 1. The molecule has 0 bridgehead atoms. The monoisotopic (exact) mass is 274 g/mol. The van der Waals surface area contributed by atoms with E-state index in [0.717, 1.165) is 28.5 Å². The Morgan fingerprint density at radius 2 is 1.79 bits per heavy atom. The summed E-state index contributed by atoms with van der Waals surface area (Å²) in [5.74, 6) is 0. The van der Waals surface area contributed by atoms with Crippen molar-refractivity contribution in [3.63, 3.8) is 0 Å². The molecule has 0 radical (unpaired) electrons. The van der Waals surface area contributed by atoms with Gasteiger partial charge in [0.2, 0.25) is 0 Å². The van der Waals surface area contributed by atoms with Gasteiger partial charge in [0, 0.05) is 29.5 Å². The quantitative estimate of drug-likeness (QED) is 0.902. The molecular weight excluding hydrogens is 256 g/mol. The van der Waals surface area contributed by atoms with Crippen molar-refractivity contribution in [2.45, 2.75) is 20.4 Å². The van der Waals surface area contributed by atoms with Gasteiger partial charge < -0.3 is 10.6 Å². The fourth-order valence-electron chi connectivity index (χ4n) is 2.18. The molecule has 0 saturated carbocycles. The van der Waals surface area contributed by atoms with E-state index in [4.69, 9.17) is 17.3 Å². The summed E-state index contributed by atoms with van der Waals surface area (Å²) in [6.45, 7) is 5.59. The van der Waals surface area contributed by atoms with Gasteiger partial charge in [-0.3, -0.25) is 0 Å². The average molecular weight is 275 g/mol. The van der Waals surface area contributed by atoms with Crippen LogP contribution in [0.25, 0.3) is 0 Å². The molecule has 0 aliphatic carbocycles. The lowest BCUT2D eigenvalue weighted by Crippen LogP contribution is -2.18. The Hall–Kier alpha value is -1.51. The van der Waals surface area contributed by atoms with Crippen molar-refractivity contribution < 1.29 is 0 Å². The summed E-state index contributed by atoms with van der Waals surface area (Å²) in [7, 11) is 0. The first kappa shape index (κ1) is 13.9. The largest absolute Gasteiger partial charge is 0.341 e. The summed E-state index contributed by atoms with van der Waals surface area (Å²) in [6, 6.07) is 14.3. The third-order valence-corrected chi connectivity index (χ3v) is 3.46. The van der Waals surface area contributed by atoms with E-state index < -0.39 is 0 Å². The second-order valence-corrected chi connectivity index (χ2v) is 4.99. The topological polar surface area (TPSA) is 29.3 Å². The van der Waals surface area contributed by atoms with E-state index in [-0.39, 0.29) is 0 Å². The molecular formula is C16H19ClN2. The molecule has 0 aliphatic heterocycles. The molecule has 2 N–H and O–H groups in total. The van der Waals surface area contributed by atoms with Crippen LogP contribution in [-0.4, -0.2) is 6.54 Å². The van der Waals surface area contributed by atoms with E-state index in [2.05, 4.69) is 43.0 Å². The summed E-state index contributed by atoms with van der Waals surface area (Å²) >= 11 is 6.12. The van der Waals surface area contributed by atoms with Gasteiger partial charge in [0.1, 0.15) is 0 Å². The molecule has 2 aromatic rings. The van der Waals surface area contributed by atoms with Gasteiger partial charge in [-0.05, 0) is 43.7 Å². The fraction of sp³-hybridized carbons (Fsp3) is 0.250. The molecule has 19 heavy (non-hydrogen) atoms. The first-order valence-electron chi connectivity index (χ1n) is 6.48. The average Bonchev–Trinajstić information content (AvgIpc) is 2.42. The van der Waals surface area contributed by atoms with Crippen LogP contribution in [-0.2, 0) is 6.54 Å². The molecule has 0 aliphatic rings. The Bertz CT molecular complexity index is 549. The maximum Gasteiger partial charge on any atom is 0.0471 e. The van der Waals surface area contributed by atoms with Crippen molar-refractivity contribution >= 4 is 23.0 Å². The van der Waals surface area contributed by atoms with E-state index >= 15 is 0 Å². The fourth-order valence-corrected chi connectivity index (χ4v) is 2.34. The Morgan fingerprint density at radius 3 is 2.37 bits per heavy atom. The maximum absolute atomic E-state index is 6.12. The van der Waals surface area contributed by atoms with Crippen molar-refractivity contribution in [3.05, 3.63) is 58.6 Å². The number of benzene rings is 2. The number of aryl methyl sites for hydroxylation is 1. The molecule has 2 aromatic carbocycles. The summed E-state index contributed by atoms with van der Waals surface area (Å²) < 4.78 is 0. The van der Waals surface area contributed by atoms with Crippen LogP contribution in [0.4, 0.5) is 11.4 Å². The van der Waals surface area contributed by atoms with E-state index in [9.17, 15) is 0 Å². The van der Waals surface area contributed by atoms with Crippen LogP contribution in [0.5, 0.6) is 0 Å². The maximum atomic E-state index is 6.12. The predicted molar refractivity (Wildman–Crippen MR) is 83.2 cm³/mol. The first-order valence-corrected chi connectivity index (χ1v) is 6.86. The molecule has 0 aromatic heterocycles. The molecule has 2 nitrogen and oxygen atoms in total. The third kappa shape index (κ3) is 3.09. The van der Waals surface area contributed by atoms with E-state index in [0.29, 0.717) is 6.54 Å². The van der Waals surface area contributed by atoms with Gasteiger partial charge >= 0.3 is 0 Å². The lowest BCUT2D eigenvalue weighted by atomic mass is 10.1. The SMILES string of the molecule is CCN(c1ccc(C)cc1)c1cc(Cl)ccc1CN. The smallest absolute Gasteiger partial charge is 0.0471 e. The standard InChI is InChI=1S/C16H19ClN2/c1-3-19(15-8-4-12(2)5-9-15)16-10-14(17)7-6-13(16)11-18/h4-10H,3,11,18H2,1-2H3. The van der Waals surface area contributed by atoms with Crippen molar-refractivity contribution in [1.29, 1.82) is 0 Å². The summed E-state index contributed by atoms with van der Waals surface area (Å²) in [5.41, 5.74) is 10.4. The van der Waals surface area contributed by atoms with Crippen LogP contribution in [0.1, 0.15) is 18.1 Å². The van der Waals surface area contributed by atoms with Crippen molar-refractivity contribution in [1.82, 2.24) is 0 Å². The first-order chi connectivity index (χ1) is 9.15. The predicted octanol–water partition coefficient (Wildman–Crippen LogP) is 4.27. The minimum absolute atomic E-state index is 0.509. The minimum Gasteiger partial charge on any atom is -0.341 e. The molecule has 2 rings (SSSR count). The number of rotatable bonds is 4. The number of nitrogens with two attached hydrogens (primary N) is 1. The summed E-state index contributed by atoms with van der Waals surface area (Å²) in [4.78, 5) is 2.23. The van der Waals surface area contributed by atoms with Gasteiger partial charge in [-0.1, -0.05) is 35.4 Å². The van der Waals surface area contributed by atoms with Crippen molar-refractivity contribution in [2.75, 3.05) is 11.4 Å². The minimum atomic E-state index is 0.509. The van der Waals surface area contributed by atoms with Gasteiger partial charge in [-0.2, -0.15) is 0 Å². The van der Waals surface area contributed by atoms with Crippen LogP contribution in [0.2, 0.25) is 5.02 Å². The van der Waals surface area contributed by atoms with Gasteiger partial charge in [0.15, 0.2) is 0 Å². The van der Waals surface area contributed by atoms with Gasteiger partial charge in [0.05, 0.1) is 0 Å². The molecule has 0 unspecified atom stereocenters. The zero-order valence-electron chi connectivity index (χ0n) is 11.4. The van der Waals surface area contributed by atoms with E-state index in [1.165, 1.54) is 5.56 Å². The number of anilines is 2. The molecule has 0 heterocycles.